The van der Waals surface area contributed by atoms with Crippen molar-refractivity contribution in [1.29, 1.82) is 0 Å². The number of hydrogen-bond donors (Lipinski definition) is 2. The molecule has 2 fully saturated rings. The molecule has 0 amide bonds. The lowest BCUT2D eigenvalue weighted by molar-refractivity contribution is 0.146. The van der Waals surface area contributed by atoms with Gasteiger partial charge in [-0.25, -0.2) is 0 Å². The molecule has 16 heavy (non-hydrogen) atoms. The van der Waals surface area contributed by atoms with Crippen molar-refractivity contribution < 1.29 is 9.94 Å². The molecule has 1 saturated heterocycles. The van der Waals surface area contributed by atoms with Crippen LogP contribution < -0.4 is 5.73 Å². The molecule has 5 nitrogen and oxygen atoms in total. The number of hydrogen-bond acceptors (Lipinski definition) is 4. The molecule has 0 aromatic carbocycles. The zero-order chi connectivity index (χ0) is 11.6. The molecule has 0 aromatic heterocycles. The van der Waals surface area contributed by atoms with Gasteiger partial charge in [0.1, 0.15) is 5.84 Å². The van der Waals surface area contributed by atoms with Crippen LogP contribution in [-0.4, -0.2) is 48.8 Å². The molecular weight excluding hydrogens is 206 g/mol. The van der Waals surface area contributed by atoms with E-state index in [2.05, 4.69) is 17.1 Å². The van der Waals surface area contributed by atoms with Crippen LogP contribution in [0.5, 0.6) is 0 Å². The van der Waals surface area contributed by atoms with Crippen LogP contribution in [0, 0.1) is 5.41 Å². The molecular formula is C11H21N3O2. The van der Waals surface area contributed by atoms with Crippen LogP contribution in [0.25, 0.3) is 0 Å². The number of amidine groups is 1. The third kappa shape index (κ3) is 2.65. The number of likely N-dealkylation sites (N-methyl/N-ethyl adjacent to an activating group) is 1. The van der Waals surface area contributed by atoms with Gasteiger partial charge >= 0.3 is 0 Å². The van der Waals surface area contributed by atoms with E-state index in [4.69, 9.17) is 15.7 Å². The Kier molecular flexibility index (Phi) is 3.35. The van der Waals surface area contributed by atoms with E-state index in [1.165, 1.54) is 12.8 Å². The average molecular weight is 227 g/mol. The molecule has 2 rings (SSSR count). The van der Waals surface area contributed by atoms with Gasteiger partial charge in [-0.1, -0.05) is 5.16 Å². The smallest absolute Gasteiger partial charge is 0.139 e. The Morgan fingerprint density at radius 2 is 2.38 bits per heavy atom. The molecule has 0 spiro atoms. The maximum atomic E-state index is 8.60. The number of nitrogens with two attached hydrogens (primary N) is 1. The first-order chi connectivity index (χ1) is 7.65. The highest BCUT2D eigenvalue weighted by Crippen LogP contribution is 2.49. The highest BCUT2D eigenvalue weighted by atomic mass is 16.5. The fraction of sp³-hybridized carbons (Fsp3) is 0.909. The van der Waals surface area contributed by atoms with Crippen molar-refractivity contribution in [3.05, 3.63) is 0 Å². The fourth-order valence-electron chi connectivity index (χ4n) is 2.51. The van der Waals surface area contributed by atoms with E-state index in [-0.39, 0.29) is 5.41 Å². The van der Waals surface area contributed by atoms with Crippen molar-refractivity contribution in [1.82, 2.24) is 4.90 Å². The van der Waals surface area contributed by atoms with E-state index in [0.717, 1.165) is 26.2 Å². The van der Waals surface area contributed by atoms with Gasteiger partial charge in [-0.3, -0.25) is 0 Å². The van der Waals surface area contributed by atoms with Gasteiger partial charge in [-0.2, -0.15) is 0 Å². The summed E-state index contributed by atoms with van der Waals surface area (Å²) < 4.78 is 5.39. The normalized spacial score (nSPS) is 28.6. The van der Waals surface area contributed by atoms with Crippen molar-refractivity contribution in [3.8, 4) is 0 Å². The van der Waals surface area contributed by atoms with E-state index in [1.54, 1.807) is 0 Å². The lowest BCUT2D eigenvalue weighted by Crippen LogP contribution is -2.37. The molecule has 3 N–H and O–H groups in total. The number of rotatable bonds is 5. The molecule has 1 saturated carbocycles. The molecule has 1 aliphatic carbocycles. The summed E-state index contributed by atoms with van der Waals surface area (Å²) in [6, 6.07) is 0.546. The summed E-state index contributed by atoms with van der Waals surface area (Å²) in [4.78, 5) is 2.37. The largest absolute Gasteiger partial charge is 0.409 e. The molecule has 0 aromatic rings. The highest BCUT2D eigenvalue weighted by Gasteiger charge is 2.45. The molecule has 1 atom stereocenters. The summed E-state index contributed by atoms with van der Waals surface area (Å²) in [5.74, 6) is 0.355. The zero-order valence-corrected chi connectivity index (χ0v) is 9.85. The maximum absolute atomic E-state index is 8.60. The van der Waals surface area contributed by atoms with Crippen LogP contribution in [-0.2, 0) is 4.74 Å². The molecule has 1 heterocycles. The molecule has 5 heteroatoms. The quantitative estimate of drug-likeness (QED) is 0.313. The predicted molar refractivity (Wildman–Crippen MR) is 61.5 cm³/mol. The molecule has 0 radical (unpaired) electrons. The molecule has 1 unspecified atom stereocenters. The highest BCUT2D eigenvalue weighted by molar-refractivity contribution is 5.80. The summed E-state index contributed by atoms with van der Waals surface area (Å²) >= 11 is 0. The van der Waals surface area contributed by atoms with Gasteiger partial charge < -0.3 is 20.6 Å². The van der Waals surface area contributed by atoms with E-state index in [9.17, 15) is 0 Å². The van der Waals surface area contributed by atoms with Gasteiger partial charge in [-0.15, -0.1) is 0 Å². The maximum Gasteiger partial charge on any atom is 0.139 e. The van der Waals surface area contributed by atoms with Gasteiger partial charge in [0, 0.05) is 25.6 Å². The first-order valence-electron chi connectivity index (χ1n) is 5.90. The van der Waals surface area contributed by atoms with Crippen LogP contribution in [0.1, 0.15) is 25.7 Å². The summed E-state index contributed by atoms with van der Waals surface area (Å²) in [5, 5.41) is 11.7. The van der Waals surface area contributed by atoms with Crippen molar-refractivity contribution in [2.24, 2.45) is 16.3 Å². The molecule has 2 aliphatic rings. The average Bonchev–Trinajstić information content (AvgIpc) is 2.83. The number of ether oxygens (including phenoxy) is 1. The predicted octanol–water partition coefficient (Wildman–Crippen LogP) is 0.624. The van der Waals surface area contributed by atoms with Crippen molar-refractivity contribution in [3.63, 3.8) is 0 Å². The summed E-state index contributed by atoms with van der Waals surface area (Å²) in [7, 11) is 2.14. The van der Waals surface area contributed by atoms with Gasteiger partial charge in [0.15, 0.2) is 0 Å². The molecule has 92 valence electrons. The Labute approximate surface area is 96.2 Å². The second kappa shape index (κ2) is 4.59. The van der Waals surface area contributed by atoms with E-state index < -0.39 is 0 Å². The third-order valence-electron chi connectivity index (χ3n) is 3.76. The molecule has 0 bridgehead atoms. The van der Waals surface area contributed by atoms with E-state index in [0.29, 0.717) is 18.3 Å². The van der Waals surface area contributed by atoms with Gasteiger partial charge in [0.2, 0.25) is 0 Å². The van der Waals surface area contributed by atoms with Crippen molar-refractivity contribution in [2.45, 2.75) is 31.7 Å². The van der Waals surface area contributed by atoms with Gasteiger partial charge in [-0.05, 0) is 31.7 Å². The summed E-state index contributed by atoms with van der Waals surface area (Å²) in [6.07, 6.45) is 4.19. The number of oxime groups is 1. The minimum atomic E-state index is 0.258. The SMILES string of the molecule is CN(CC1(CC(N)=NO)CC1)C1CCOC1. The Balaban J connectivity index is 1.83. The second-order valence-corrected chi connectivity index (χ2v) is 5.20. The standard InChI is InChI=1S/C11H21N3O2/c1-14(9-2-5-16-7-9)8-11(3-4-11)6-10(12)13-15/h9,15H,2-8H2,1H3,(H2,12,13). The van der Waals surface area contributed by atoms with Crippen LogP contribution in [0.3, 0.4) is 0 Å². The Hall–Kier alpha value is -0.810. The first-order valence-corrected chi connectivity index (χ1v) is 5.90. The number of nitrogens with zero attached hydrogens (tertiary/aromatic N) is 2. The van der Waals surface area contributed by atoms with Crippen LogP contribution in [0.2, 0.25) is 0 Å². The first kappa shape index (κ1) is 11.7. The van der Waals surface area contributed by atoms with Crippen molar-refractivity contribution in [2.75, 3.05) is 26.8 Å². The lowest BCUT2D eigenvalue weighted by Gasteiger charge is -2.27. The Morgan fingerprint density at radius 1 is 1.62 bits per heavy atom. The zero-order valence-electron chi connectivity index (χ0n) is 9.85. The van der Waals surface area contributed by atoms with E-state index in [1.807, 2.05) is 0 Å². The van der Waals surface area contributed by atoms with Crippen LogP contribution in [0.15, 0.2) is 5.16 Å². The Bertz CT molecular complexity index is 270. The summed E-state index contributed by atoms with van der Waals surface area (Å²) in [6.45, 7) is 2.75. The van der Waals surface area contributed by atoms with Crippen molar-refractivity contribution >= 4 is 5.84 Å². The summed E-state index contributed by atoms with van der Waals surface area (Å²) in [5.41, 5.74) is 5.84. The van der Waals surface area contributed by atoms with Gasteiger partial charge in [0.25, 0.3) is 0 Å². The van der Waals surface area contributed by atoms with Crippen LogP contribution >= 0.6 is 0 Å². The van der Waals surface area contributed by atoms with Gasteiger partial charge in [0.05, 0.1) is 6.61 Å². The monoisotopic (exact) mass is 227 g/mol. The van der Waals surface area contributed by atoms with Crippen LogP contribution in [0.4, 0.5) is 0 Å². The third-order valence-corrected chi connectivity index (χ3v) is 3.76. The molecule has 1 aliphatic heterocycles. The fourth-order valence-corrected chi connectivity index (χ4v) is 2.51. The Morgan fingerprint density at radius 3 is 2.88 bits per heavy atom. The lowest BCUT2D eigenvalue weighted by atomic mass is 10.0. The second-order valence-electron chi connectivity index (χ2n) is 5.20. The topological polar surface area (TPSA) is 71.1 Å². The minimum Gasteiger partial charge on any atom is -0.409 e. The van der Waals surface area contributed by atoms with E-state index >= 15 is 0 Å². The minimum absolute atomic E-state index is 0.258.